The van der Waals surface area contributed by atoms with Crippen molar-refractivity contribution in [2.45, 2.75) is 52.7 Å². The average molecular weight is 344 g/mol. The molecule has 0 spiro atoms. The van der Waals surface area contributed by atoms with Crippen molar-refractivity contribution in [2.24, 2.45) is 0 Å². The summed E-state index contributed by atoms with van der Waals surface area (Å²) in [5.74, 6) is 1.22. The van der Waals surface area contributed by atoms with Gasteiger partial charge in [0.25, 0.3) is 0 Å². The highest BCUT2D eigenvalue weighted by molar-refractivity contribution is 5.92. The van der Waals surface area contributed by atoms with Gasteiger partial charge in [0.15, 0.2) is 0 Å². The Kier molecular flexibility index (Phi) is 6.03. The first kappa shape index (κ1) is 19.2. The van der Waals surface area contributed by atoms with Gasteiger partial charge in [-0.15, -0.1) is 0 Å². The number of carbonyl (C=O) groups excluding carboxylic acids is 1. The Balaban J connectivity index is 1.86. The van der Waals surface area contributed by atoms with Crippen molar-refractivity contribution in [2.75, 3.05) is 11.9 Å². The summed E-state index contributed by atoms with van der Waals surface area (Å²) in [6.07, 6.45) is 0.320. The van der Waals surface area contributed by atoms with Gasteiger partial charge < -0.3 is 20.2 Å². The molecule has 3 N–H and O–H groups in total. The van der Waals surface area contributed by atoms with E-state index >= 15 is 0 Å². The molecule has 0 bridgehead atoms. The normalized spacial score (nSPS) is 14.8. The maximum Gasteiger partial charge on any atom is 0.225 e. The fraction of sp³-hybridized carbons (Fsp3) is 0.450. The number of aryl methyl sites for hydroxylation is 2. The minimum absolute atomic E-state index is 0.0535. The molecule has 0 fully saturated rings. The largest absolute Gasteiger partial charge is 0.463 e. The number of rotatable bonds is 7. The van der Waals surface area contributed by atoms with E-state index in [1.54, 1.807) is 13.0 Å². The SMILES string of the molecule is Cc1ccc(C(C)(O)CNC(C)CC(=O)Nc2cccc(C)c2C)o1. The van der Waals surface area contributed by atoms with Crippen molar-refractivity contribution in [3.63, 3.8) is 0 Å². The summed E-state index contributed by atoms with van der Waals surface area (Å²) in [6.45, 7) is 9.78. The monoisotopic (exact) mass is 344 g/mol. The van der Waals surface area contributed by atoms with Gasteiger partial charge in [-0.3, -0.25) is 4.79 Å². The summed E-state index contributed by atoms with van der Waals surface area (Å²) in [4.78, 5) is 12.3. The Bertz CT molecular complexity index is 734. The molecule has 0 saturated heterocycles. The highest BCUT2D eigenvalue weighted by Gasteiger charge is 2.27. The number of hydrogen-bond donors (Lipinski definition) is 3. The number of nitrogens with one attached hydrogen (secondary N) is 2. The van der Waals surface area contributed by atoms with Gasteiger partial charge in [0.05, 0.1) is 0 Å². The lowest BCUT2D eigenvalue weighted by molar-refractivity contribution is -0.116. The Hall–Kier alpha value is -2.11. The van der Waals surface area contributed by atoms with Crippen molar-refractivity contribution in [3.05, 3.63) is 53.0 Å². The molecule has 0 saturated carbocycles. The first-order chi connectivity index (χ1) is 11.7. The lowest BCUT2D eigenvalue weighted by Gasteiger charge is -2.24. The highest BCUT2D eigenvalue weighted by Crippen LogP contribution is 2.22. The van der Waals surface area contributed by atoms with E-state index in [-0.39, 0.29) is 11.9 Å². The molecule has 0 aliphatic heterocycles. The Morgan fingerprint density at radius 3 is 2.60 bits per heavy atom. The number of furan rings is 1. The fourth-order valence-electron chi connectivity index (χ4n) is 2.62. The van der Waals surface area contributed by atoms with Crippen LogP contribution in [0, 0.1) is 20.8 Å². The fourth-order valence-corrected chi connectivity index (χ4v) is 2.62. The van der Waals surface area contributed by atoms with Crippen molar-refractivity contribution in [1.29, 1.82) is 0 Å². The molecule has 1 heterocycles. The van der Waals surface area contributed by atoms with Crippen LogP contribution in [0.5, 0.6) is 0 Å². The summed E-state index contributed by atoms with van der Waals surface area (Å²) in [5, 5.41) is 16.7. The summed E-state index contributed by atoms with van der Waals surface area (Å²) < 4.78 is 5.50. The molecular formula is C20H28N2O3. The number of hydrogen-bond acceptors (Lipinski definition) is 4. The van der Waals surface area contributed by atoms with E-state index in [0.717, 1.165) is 22.6 Å². The van der Waals surface area contributed by atoms with Crippen LogP contribution < -0.4 is 10.6 Å². The van der Waals surface area contributed by atoms with Crippen molar-refractivity contribution >= 4 is 11.6 Å². The zero-order chi connectivity index (χ0) is 18.6. The second-order valence-electron chi connectivity index (χ2n) is 6.97. The second kappa shape index (κ2) is 7.85. The smallest absolute Gasteiger partial charge is 0.225 e. The summed E-state index contributed by atoms with van der Waals surface area (Å²) in [5.41, 5.74) is 1.95. The van der Waals surface area contributed by atoms with E-state index in [0.29, 0.717) is 18.7 Å². The molecule has 2 atom stereocenters. The van der Waals surface area contributed by atoms with E-state index in [1.165, 1.54) is 0 Å². The maximum absolute atomic E-state index is 12.3. The molecule has 0 aliphatic rings. The standard InChI is InChI=1S/C20H28N2O3/c1-13-7-6-8-17(16(13)4)22-19(23)11-14(2)21-12-20(5,24)18-10-9-15(3)25-18/h6-10,14,21,24H,11-12H2,1-5H3,(H,22,23). The first-order valence-electron chi connectivity index (χ1n) is 8.58. The number of amides is 1. The second-order valence-corrected chi connectivity index (χ2v) is 6.97. The molecule has 1 amide bonds. The molecule has 5 nitrogen and oxygen atoms in total. The van der Waals surface area contributed by atoms with Crippen molar-refractivity contribution in [1.82, 2.24) is 5.32 Å². The van der Waals surface area contributed by atoms with Gasteiger partial charge in [0, 0.05) is 24.7 Å². The van der Waals surface area contributed by atoms with Crippen LogP contribution in [0.3, 0.4) is 0 Å². The molecule has 0 aliphatic carbocycles. The quantitative estimate of drug-likeness (QED) is 0.719. The third-order valence-electron chi connectivity index (χ3n) is 4.44. The van der Waals surface area contributed by atoms with Crippen LogP contribution in [0.4, 0.5) is 5.69 Å². The third kappa shape index (κ3) is 5.18. The number of benzene rings is 1. The maximum atomic E-state index is 12.3. The van der Waals surface area contributed by atoms with Gasteiger partial charge in [0.1, 0.15) is 17.1 Å². The molecule has 2 aromatic rings. The Morgan fingerprint density at radius 2 is 1.96 bits per heavy atom. The van der Waals surface area contributed by atoms with E-state index in [4.69, 9.17) is 4.42 Å². The van der Waals surface area contributed by atoms with Gasteiger partial charge in [-0.2, -0.15) is 0 Å². The van der Waals surface area contributed by atoms with Gasteiger partial charge >= 0.3 is 0 Å². The highest BCUT2D eigenvalue weighted by atomic mass is 16.4. The average Bonchev–Trinajstić information content (AvgIpc) is 2.97. The molecular weight excluding hydrogens is 316 g/mol. The molecule has 5 heteroatoms. The number of aliphatic hydroxyl groups is 1. The van der Waals surface area contributed by atoms with Crippen LogP contribution in [-0.2, 0) is 10.4 Å². The molecule has 25 heavy (non-hydrogen) atoms. The van der Waals surface area contributed by atoms with Crippen molar-refractivity contribution in [3.8, 4) is 0 Å². The van der Waals surface area contributed by atoms with Gasteiger partial charge in [-0.25, -0.2) is 0 Å². The van der Waals surface area contributed by atoms with E-state index in [1.807, 2.05) is 52.0 Å². The van der Waals surface area contributed by atoms with Crippen LogP contribution >= 0.6 is 0 Å². The van der Waals surface area contributed by atoms with E-state index < -0.39 is 5.60 Å². The Morgan fingerprint density at radius 1 is 1.24 bits per heavy atom. The minimum atomic E-state index is -1.12. The number of carbonyl (C=O) groups is 1. The van der Waals surface area contributed by atoms with Gasteiger partial charge in [-0.1, -0.05) is 12.1 Å². The molecule has 2 rings (SSSR count). The first-order valence-corrected chi connectivity index (χ1v) is 8.58. The molecule has 1 aromatic heterocycles. The number of anilines is 1. The van der Waals surface area contributed by atoms with Crippen LogP contribution in [0.2, 0.25) is 0 Å². The van der Waals surface area contributed by atoms with E-state index in [9.17, 15) is 9.90 Å². The zero-order valence-corrected chi connectivity index (χ0v) is 15.6. The summed E-state index contributed by atoms with van der Waals surface area (Å²) in [7, 11) is 0. The summed E-state index contributed by atoms with van der Waals surface area (Å²) >= 11 is 0. The van der Waals surface area contributed by atoms with Crippen molar-refractivity contribution < 1.29 is 14.3 Å². The minimum Gasteiger partial charge on any atom is -0.463 e. The van der Waals surface area contributed by atoms with Gasteiger partial charge in [0.2, 0.25) is 5.91 Å². The van der Waals surface area contributed by atoms with Crippen LogP contribution in [0.15, 0.2) is 34.7 Å². The predicted molar refractivity (Wildman–Crippen MR) is 99.6 cm³/mol. The summed E-state index contributed by atoms with van der Waals surface area (Å²) in [6, 6.07) is 9.38. The zero-order valence-electron chi connectivity index (χ0n) is 15.6. The van der Waals surface area contributed by atoms with Crippen LogP contribution in [-0.4, -0.2) is 23.6 Å². The van der Waals surface area contributed by atoms with E-state index in [2.05, 4.69) is 10.6 Å². The molecule has 0 radical (unpaired) electrons. The van der Waals surface area contributed by atoms with Crippen LogP contribution in [0.1, 0.15) is 42.9 Å². The molecule has 136 valence electrons. The predicted octanol–water partition coefficient (Wildman–Crippen LogP) is 3.42. The topological polar surface area (TPSA) is 74.5 Å². The molecule has 1 aromatic carbocycles. The molecule has 2 unspecified atom stereocenters. The lowest BCUT2D eigenvalue weighted by atomic mass is 10.0. The third-order valence-corrected chi connectivity index (χ3v) is 4.44. The van der Waals surface area contributed by atoms with Crippen LogP contribution in [0.25, 0.3) is 0 Å². The Labute approximate surface area is 149 Å². The van der Waals surface area contributed by atoms with Gasteiger partial charge in [-0.05, 0) is 63.9 Å². The lowest BCUT2D eigenvalue weighted by Crippen LogP contribution is -2.40.